The summed E-state index contributed by atoms with van der Waals surface area (Å²) in [5.74, 6) is 0.664. The van der Waals surface area contributed by atoms with Crippen molar-refractivity contribution in [1.82, 2.24) is 15.1 Å². The smallest absolute Gasteiger partial charge is 0.219 e. The van der Waals surface area contributed by atoms with Gasteiger partial charge in [-0.15, -0.1) is 0 Å². The minimum Gasteiger partial charge on any atom is -0.338 e. The summed E-state index contributed by atoms with van der Waals surface area (Å²) in [6.45, 7) is 6.83. The summed E-state index contributed by atoms with van der Waals surface area (Å²) in [5, 5.41) is 8.39. The Hall–Kier alpha value is -1.84. The first-order chi connectivity index (χ1) is 9.49. The van der Waals surface area contributed by atoms with Crippen LogP contribution in [0.15, 0.2) is 24.4 Å². The molecule has 1 saturated heterocycles. The number of carbonyl (C=O) groups excluding carboxylic acids is 1. The number of H-pyrrole nitrogens is 1. The van der Waals surface area contributed by atoms with Crippen molar-refractivity contribution in [2.45, 2.75) is 45.1 Å². The van der Waals surface area contributed by atoms with Gasteiger partial charge < -0.3 is 4.90 Å². The molecule has 4 heteroatoms. The quantitative estimate of drug-likeness (QED) is 0.866. The molecule has 1 aromatic carbocycles. The number of hydrogen-bond acceptors (Lipinski definition) is 2. The highest BCUT2D eigenvalue weighted by atomic mass is 16.2. The van der Waals surface area contributed by atoms with Crippen molar-refractivity contribution in [2.75, 3.05) is 6.54 Å². The van der Waals surface area contributed by atoms with Gasteiger partial charge in [-0.05, 0) is 44.2 Å². The lowest BCUT2D eigenvalue weighted by Crippen LogP contribution is -2.51. The van der Waals surface area contributed by atoms with Crippen molar-refractivity contribution in [2.24, 2.45) is 0 Å². The van der Waals surface area contributed by atoms with Crippen molar-refractivity contribution >= 4 is 16.8 Å². The lowest BCUT2D eigenvalue weighted by Gasteiger charge is -2.45. The van der Waals surface area contributed by atoms with Gasteiger partial charge in [-0.1, -0.05) is 12.1 Å². The van der Waals surface area contributed by atoms with Crippen molar-refractivity contribution in [3.05, 3.63) is 30.0 Å². The second-order valence-corrected chi connectivity index (χ2v) is 6.35. The number of rotatable bonds is 1. The molecule has 1 fully saturated rings. The first kappa shape index (κ1) is 13.2. The fourth-order valence-corrected chi connectivity index (χ4v) is 3.60. The zero-order valence-electron chi connectivity index (χ0n) is 12.3. The van der Waals surface area contributed by atoms with E-state index in [0.29, 0.717) is 5.92 Å². The van der Waals surface area contributed by atoms with E-state index in [2.05, 4.69) is 42.2 Å². The molecule has 0 radical (unpaired) electrons. The van der Waals surface area contributed by atoms with E-state index >= 15 is 0 Å². The van der Waals surface area contributed by atoms with Gasteiger partial charge in [-0.3, -0.25) is 9.89 Å². The van der Waals surface area contributed by atoms with Crippen molar-refractivity contribution < 1.29 is 4.79 Å². The van der Waals surface area contributed by atoms with Crippen LogP contribution in [0.3, 0.4) is 0 Å². The number of fused-ring (bicyclic) bond motifs is 1. The molecule has 1 aromatic heterocycles. The molecule has 3 rings (SSSR count). The maximum absolute atomic E-state index is 11.7. The molecule has 0 spiro atoms. The standard InChI is InChI=1S/C16H21N3O/c1-11(20)19-8-7-12(9-16(19,2)3)13-5-4-6-15-14(13)10-17-18-15/h4-6,10,12H,7-9H2,1-3H3,(H,17,18). The molecule has 1 atom stereocenters. The van der Waals surface area contributed by atoms with Crippen LogP contribution in [-0.2, 0) is 4.79 Å². The van der Waals surface area contributed by atoms with Crippen LogP contribution < -0.4 is 0 Å². The Kier molecular flexibility index (Phi) is 3.04. The largest absolute Gasteiger partial charge is 0.338 e. The van der Waals surface area contributed by atoms with E-state index in [-0.39, 0.29) is 11.4 Å². The van der Waals surface area contributed by atoms with Crippen LogP contribution >= 0.6 is 0 Å². The van der Waals surface area contributed by atoms with Crippen LogP contribution in [-0.4, -0.2) is 33.1 Å². The zero-order chi connectivity index (χ0) is 14.3. The van der Waals surface area contributed by atoms with Crippen molar-refractivity contribution in [1.29, 1.82) is 0 Å². The number of nitrogens with one attached hydrogen (secondary N) is 1. The molecule has 2 heterocycles. The van der Waals surface area contributed by atoms with Gasteiger partial charge in [0.05, 0.1) is 11.7 Å². The summed E-state index contributed by atoms with van der Waals surface area (Å²) in [5.41, 5.74) is 2.36. The third kappa shape index (κ3) is 2.09. The lowest BCUT2D eigenvalue weighted by atomic mass is 9.78. The van der Waals surface area contributed by atoms with Crippen LogP contribution in [0.4, 0.5) is 0 Å². The second kappa shape index (κ2) is 4.62. The highest BCUT2D eigenvalue weighted by Gasteiger charge is 2.37. The molecule has 1 N–H and O–H groups in total. The molecule has 1 amide bonds. The Bertz CT molecular complexity index is 644. The molecule has 0 saturated carbocycles. The fraction of sp³-hybridized carbons (Fsp3) is 0.500. The number of benzene rings is 1. The minimum atomic E-state index is -0.0827. The van der Waals surface area contributed by atoms with E-state index in [1.165, 1.54) is 10.9 Å². The fourth-order valence-electron chi connectivity index (χ4n) is 3.60. The van der Waals surface area contributed by atoms with Gasteiger partial charge in [0, 0.05) is 24.4 Å². The summed E-state index contributed by atoms with van der Waals surface area (Å²) >= 11 is 0. The van der Waals surface area contributed by atoms with E-state index in [9.17, 15) is 4.79 Å². The topological polar surface area (TPSA) is 49.0 Å². The molecule has 1 aliphatic rings. The van der Waals surface area contributed by atoms with Gasteiger partial charge in [-0.25, -0.2) is 0 Å². The van der Waals surface area contributed by atoms with Crippen molar-refractivity contribution in [3.63, 3.8) is 0 Å². The third-order valence-electron chi connectivity index (χ3n) is 4.52. The highest BCUT2D eigenvalue weighted by Crippen LogP contribution is 2.39. The number of amides is 1. The van der Waals surface area contributed by atoms with Gasteiger partial charge >= 0.3 is 0 Å². The van der Waals surface area contributed by atoms with Crippen LogP contribution in [0.25, 0.3) is 10.9 Å². The van der Waals surface area contributed by atoms with Gasteiger partial charge in [0.25, 0.3) is 0 Å². The van der Waals surface area contributed by atoms with Crippen LogP contribution in [0, 0.1) is 0 Å². The van der Waals surface area contributed by atoms with E-state index in [1.54, 1.807) is 6.92 Å². The predicted octanol–water partition coefficient (Wildman–Crippen LogP) is 3.07. The van der Waals surface area contributed by atoms with E-state index in [4.69, 9.17) is 0 Å². The highest BCUT2D eigenvalue weighted by molar-refractivity contribution is 5.82. The Labute approximate surface area is 119 Å². The minimum absolute atomic E-state index is 0.0827. The first-order valence-electron chi connectivity index (χ1n) is 7.19. The van der Waals surface area contributed by atoms with Gasteiger partial charge in [-0.2, -0.15) is 5.10 Å². The molecule has 20 heavy (non-hydrogen) atoms. The molecular formula is C16H21N3O. The van der Waals surface area contributed by atoms with Crippen LogP contribution in [0.2, 0.25) is 0 Å². The molecule has 4 nitrogen and oxygen atoms in total. The Morgan fingerprint density at radius 2 is 2.25 bits per heavy atom. The maximum atomic E-state index is 11.7. The summed E-state index contributed by atoms with van der Waals surface area (Å²) in [6.07, 6.45) is 3.93. The van der Waals surface area contributed by atoms with Crippen LogP contribution in [0.5, 0.6) is 0 Å². The monoisotopic (exact) mass is 271 g/mol. The van der Waals surface area contributed by atoms with Crippen molar-refractivity contribution in [3.8, 4) is 0 Å². The Morgan fingerprint density at radius 3 is 2.95 bits per heavy atom. The summed E-state index contributed by atoms with van der Waals surface area (Å²) in [6, 6.07) is 6.34. The normalized spacial score (nSPS) is 22.1. The van der Waals surface area contributed by atoms with Crippen LogP contribution in [0.1, 0.15) is 45.1 Å². The van der Waals surface area contributed by atoms with E-state index in [0.717, 1.165) is 24.9 Å². The molecular weight excluding hydrogens is 250 g/mol. The summed E-state index contributed by atoms with van der Waals surface area (Å²) in [7, 11) is 0. The van der Waals surface area contributed by atoms with Gasteiger partial charge in [0.1, 0.15) is 0 Å². The average Bonchev–Trinajstić information content (AvgIpc) is 2.84. The van der Waals surface area contributed by atoms with E-state index < -0.39 is 0 Å². The number of aromatic nitrogens is 2. The van der Waals surface area contributed by atoms with Gasteiger partial charge in [0.15, 0.2) is 0 Å². The zero-order valence-corrected chi connectivity index (χ0v) is 12.3. The first-order valence-corrected chi connectivity index (χ1v) is 7.19. The molecule has 2 aromatic rings. The number of piperidine rings is 1. The molecule has 0 aliphatic carbocycles. The molecule has 106 valence electrons. The second-order valence-electron chi connectivity index (χ2n) is 6.35. The molecule has 1 unspecified atom stereocenters. The van der Waals surface area contributed by atoms with E-state index in [1.807, 2.05) is 11.1 Å². The maximum Gasteiger partial charge on any atom is 0.219 e. The molecule has 1 aliphatic heterocycles. The lowest BCUT2D eigenvalue weighted by molar-refractivity contribution is -0.136. The van der Waals surface area contributed by atoms with Gasteiger partial charge in [0.2, 0.25) is 5.91 Å². The summed E-state index contributed by atoms with van der Waals surface area (Å²) < 4.78 is 0. The Morgan fingerprint density at radius 1 is 1.45 bits per heavy atom. The average molecular weight is 271 g/mol. The number of aromatic amines is 1. The predicted molar refractivity (Wildman–Crippen MR) is 79.5 cm³/mol. The Balaban J connectivity index is 1.93. The number of carbonyl (C=O) groups is 1. The number of likely N-dealkylation sites (tertiary alicyclic amines) is 1. The summed E-state index contributed by atoms with van der Waals surface area (Å²) in [4.78, 5) is 13.7. The number of nitrogens with zero attached hydrogens (tertiary/aromatic N) is 2. The number of hydrogen-bond donors (Lipinski definition) is 1. The molecule has 0 bridgehead atoms. The third-order valence-corrected chi connectivity index (χ3v) is 4.52. The SMILES string of the molecule is CC(=O)N1CCC(c2cccc3[nH]ncc23)CC1(C)C.